The van der Waals surface area contributed by atoms with E-state index >= 15 is 0 Å². The molecule has 2 rings (SSSR count). The highest BCUT2D eigenvalue weighted by molar-refractivity contribution is 9.10. The Balaban J connectivity index is 2.57. The van der Waals surface area contributed by atoms with Crippen molar-refractivity contribution in [1.29, 1.82) is 0 Å². The SMILES string of the molecule is Cn1cc(Br)c2ccc(C(CN)C(=O)O)cc21. The van der Waals surface area contributed by atoms with E-state index in [0.717, 1.165) is 20.9 Å². The fraction of sp³-hybridized carbons (Fsp3) is 0.250. The fourth-order valence-electron chi connectivity index (χ4n) is 1.95. The van der Waals surface area contributed by atoms with E-state index in [1.165, 1.54) is 0 Å². The highest BCUT2D eigenvalue weighted by Crippen LogP contribution is 2.28. The highest BCUT2D eigenvalue weighted by atomic mass is 79.9. The number of carboxylic acid groups (broad SMARTS) is 1. The Bertz CT molecular complexity index is 577. The maximum absolute atomic E-state index is 11.1. The minimum absolute atomic E-state index is 0.104. The molecule has 1 aromatic heterocycles. The van der Waals surface area contributed by atoms with Crippen molar-refractivity contribution >= 4 is 32.8 Å². The van der Waals surface area contributed by atoms with Gasteiger partial charge in [0, 0.05) is 35.2 Å². The van der Waals surface area contributed by atoms with Crippen LogP contribution in [0.3, 0.4) is 0 Å². The smallest absolute Gasteiger partial charge is 0.312 e. The van der Waals surface area contributed by atoms with Crippen LogP contribution in [0.1, 0.15) is 11.5 Å². The van der Waals surface area contributed by atoms with Gasteiger partial charge in [-0.15, -0.1) is 0 Å². The van der Waals surface area contributed by atoms with Crippen LogP contribution in [0.15, 0.2) is 28.9 Å². The van der Waals surface area contributed by atoms with Gasteiger partial charge in [-0.25, -0.2) is 0 Å². The second-order valence-electron chi connectivity index (χ2n) is 3.99. The second kappa shape index (κ2) is 4.50. The molecule has 0 amide bonds. The first-order chi connectivity index (χ1) is 8.04. The summed E-state index contributed by atoms with van der Waals surface area (Å²) in [5, 5.41) is 10.1. The lowest BCUT2D eigenvalue weighted by molar-refractivity contribution is -0.138. The van der Waals surface area contributed by atoms with Crippen molar-refractivity contribution in [3.63, 3.8) is 0 Å². The Morgan fingerprint density at radius 2 is 2.29 bits per heavy atom. The normalized spacial score (nSPS) is 12.9. The topological polar surface area (TPSA) is 68.2 Å². The zero-order valence-corrected chi connectivity index (χ0v) is 10.9. The van der Waals surface area contributed by atoms with Gasteiger partial charge < -0.3 is 15.4 Å². The summed E-state index contributed by atoms with van der Waals surface area (Å²) in [6, 6.07) is 5.62. The van der Waals surface area contributed by atoms with Crippen molar-refractivity contribution in [3.05, 3.63) is 34.4 Å². The lowest BCUT2D eigenvalue weighted by atomic mass is 9.98. The Morgan fingerprint density at radius 1 is 1.59 bits per heavy atom. The van der Waals surface area contributed by atoms with Crippen molar-refractivity contribution in [2.24, 2.45) is 12.8 Å². The van der Waals surface area contributed by atoms with E-state index in [9.17, 15) is 4.79 Å². The number of fused-ring (bicyclic) bond motifs is 1. The first-order valence-corrected chi connectivity index (χ1v) is 6.01. The summed E-state index contributed by atoms with van der Waals surface area (Å²) in [5.41, 5.74) is 7.23. The molecule has 90 valence electrons. The summed E-state index contributed by atoms with van der Waals surface area (Å²) in [5.74, 6) is -1.53. The average Bonchev–Trinajstić information content (AvgIpc) is 2.55. The maximum Gasteiger partial charge on any atom is 0.312 e. The van der Waals surface area contributed by atoms with Gasteiger partial charge >= 0.3 is 5.97 Å². The molecule has 1 heterocycles. The molecule has 0 aliphatic heterocycles. The maximum atomic E-state index is 11.1. The van der Waals surface area contributed by atoms with Crippen LogP contribution in [0.5, 0.6) is 0 Å². The fourth-order valence-corrected chi connectivity index (χ4v) is 2.59. The van der Waals surface area contributed by atoms with Crippen LogP contribution in [-0.4, -0.2) is 22.2 Å². The van der Waals surface area contributed by atoms with Crippen LogP contribution in [0.2, 0.25) is 0 Å². The quantitative estimate of drug-likeness (QED) is 0.911. The largest absolute Gasteiger partial charge is 0.481 e. The van der Waals surface area contributed by atoms with Gasteiger partial charge in [-0.3, -0.25) is 4.79 Å². The third-order valence-electron chi connectivity index (χ3n) is 2.90. The molecule has 0 fully saturated rings. The summed E-state index contributed by atoms with van der Waals surface area (Å²) in [6.45, 7) is 0.104. The van der Waals surface area contributed by atoms with E-state index in [2.05, 4.69) is 15.9 Å². The zero-order chi connectivity index (χ0) is 12.6. The Hall–Kier alpha value is -1.33. The number of aliphatic carboxylic acids is 1. The van der Waals surface area contributed by atoms with Gasteiger partial charge in [-0.05, 0) is 27.6 Å². The van der Waals surface area contributed by atoms with Gasteiger partial charge in [-0.1, -0.05) is 12.1 Å². The number of benzene rings is 1. The first kappa shape index (κ1) is 12.1. The van der Waals surface area contributed by atoms with E-state index < -0.39 is 11.9 Å². The molecule has 0 aliphatic carbocycles. The summed E-state index contributed by atoms with van der Waals surface area (Å²) in [4.78, 5) is 11.1. The van der Waals surface area contributed by atoms with Crippen LogP contribution in [0.4, 0.5) is 0 Å². The molecular formula is C12H13BrN2O2. The van der Waals surface area contributed by atoms with Gasteiger partial charge in [0.2, 0.25) is 0 Å². The number of nitrogens with zero attached hydrogens (tertiary/aromatic N) is 1. The van der Waals surface area contributed by atoms with Gasteiger partial charge in [0.1, 0.15) is 0 Å². The summed E-state index contributed by atoms with van der Waals surface area (Å²) < 4.78 is 2.96. The molecule has 0 saturated heterocycles. The van der Waals surface area contributed by atoms with E-state index in [4.69, 9.17) is 10.8 Å². The average molecular weight is 297 g/mol. The van der Waals surface area contributed by atoms with Crippen LogP contribution in [-0.2, 0) is 11.8 Å². The number of aromatic nitrogens is 1. The van der Waals surface area contributed by atoms with Crippen molar-refractivity contribution in [2.45, 2.75) is 5.92 Å². The molecule has 0 aliphatic rings. The Morgan fingerprint density at radius 3 is 2.88 bits per heavy atom. The number of hydrogen-bond acceptors (Lipinski definition) is 2. The first-order valence-electron chi connectivity index (χ1n) is 5.22. The molecule has 4 nitrogen and oxygen atoms in total. The molecule has 3 N–H and O–H groups in total. The molecule has 5 heteroatoms. The predicted molar refractivity (Wildman–Crippen MR) is 70.1 cm³/mol. The minimum atomic E-state index is -0.889. The molecular weight excluding hydrogens is 284 g/mol. The lowest BCUT2D eigenvalue weighted by Gasteiger charge is -2.10. The molecule has 1 unspecified atom stereocenters. The second-order valence-corrected chi connectivity index (χ2v) is 4.85. The summed E-state index contributed by atoms with van der Waals surface area (Å²) in [7, 11) is 1.93. The van der Waals surface area contributed by atoms with Crippen LogP contribution in [0.25, 0.3) is 10.9 Å². The van der Waals surface area contributed by atoms with Gasteiger partial charge in [0.05, 0.1) is 5.92 Å². The molecule has 1 atom stereocenters. The monoisotopic (exact) mass is 296 g/mol. The van der Waals surface area contributed by atoms with Gasteiger partial charge in [-0.2, -0.15) is 0 Å². The highest BCUT2D eigenvalue weighted by Gasteiger charge is 2.18. The molecule has 0 bridgehead atoms. The number of carbonyl (C=O) groups is 1. The summed E-state index contributed by atoms with van der Waals surface area (Å²) in [6.07, 6.45) is 1.95. The predicted octanol–water partition coefficient (Wildman–Crippen LogP) is 2.07. The van der Waals surface area contributed by atoms with Gasteiger partial charge in [0.15, 0.2) is 0 Å². The molecule has 17 heavy (non-hydrogen) atoms. The number of aryl methyl sites for hydroxylation is 1. The van der Waals surface area contributed by atoms with Crippen molar-refractivity contribution in [2.75, 3.05) is 6.54 Å². The number of hydrogen-bond donors (Lipinski definition) is 2. The number of halogens is 1. The minimum Gasteiger partial charge on any atom is -0.481 e. The molecule has 0 spiro atoms. The van der Waals surface area contributed by atoms with E-state index in [1.54, 1.807) is 0 Å². The Labute approximate surface area is 107 Å². The van der Waals surface area contributed by atoms with Crippen LogP contribution in [0, 0.1) is 0 Å². The van der Waals surface area contributed by atoms with E-state index in [-0.39, 0.29) is 6.54 Å². The van der Waals surface area contributed by atoms with E-state index in [1.807, 2.05) is 36.0 Å². The lowest BCUT2D eigenvalue weighted by Crippen LogP contribution is -2.21. The Kier molecular flexibility index (Phi) is 3.22. The third kappa shape index (κ3) is 2.08. The molecule has 2 aromatic rings. The standard InChI is InChI=1S/C12H13BrN2O2/c1-15-6-10(13)8-3-2-7(4-11(8)15)9(5-14)12(16)17/h2-4,6,9H,5,14H2,1H3,(H,16,17). The van der Waals surface area contributed by atoms with Crippen molar-refractivity contribution in [1.82, 2.24) is 4.57 Å². The molecule has 0 radical (unpaired) electrons. The molecule has 0 saturated carbocycles. The van der Waals surface area contributed by atoms with Crippen molar-refractivity contribution in [3.8, 4) is 0 Å². The number of rotatable bonds is 3. The van der Waals surface area contributed by atoms with E-state index in [0.29, 0.717) is 0 Å². The third-order valence-corrected chi connectivity index (χ3v) is 3.53. The number of carboxylic acids is 1. The zero-order valence-electron chi connectivity index (χ0n) is 9.35. The summed E-state index contributed by atoms with van der Waals surface area (Å²) >= 11 is 3.46. The molecule has 1 aromatic carbocycles. The number of nitrogens with two attached hydrogens (primary N) is 1. The van der Waals surface area contributed by atoms with Crippen LogP contribution < -0.4 is 5.73 Å². The van der Waals surface area contributed by atoms with Gasteiger partial charge in [0.25, 0.3) is 0 Å². The van der Waals surface area contributed by atoms with Crippen molar-refractivity contribution < 1.29 is 9.90 Å². The van der Waals surface area contributed by atoms with Crippen LogP contribution >= 0.6 is 15.9 Å².